The average molecular weight is 291 g/mol. The van der Waals surface area contributed by atoms with Crippen molar-refractivity contribution in [3.8, 4) is 0 Å². The second kappa shape index (κ2) is 13.7. The van der Waals surface area contributed by atoms with Crippen molar-refractivity contribution in [2.45, 2.75) is 39.5 Å². The Bertz CT molecular complexity index is 266. The summed E-state index contributed by atoms with van der Waals surface area (Å²) in [6.07, 6.45) is 1.62. The zero-order valence-corrected chi connectivity index (χ0v) is 13.9. The van der Waals surface area contributed by atoms with Crippen LogP contribution in [-0.4, -0.2) is 23.3 Å². The van der Waals surface area contributed by atoms with Gasteiger partial charge in [0.05, 0.1) is 6.61 Å². The molecule has 0 saturated heterocycles. The summed E-state index contributed by atoms with van der Waals surface area (Å²) in [5.74, 6) is -1.28. The van der Waals surface area contributed by atoms with Crippen molar-refractivity contribution in [3.63, 3.8) is 0 Å². The molecule has 1 atom stereocenters. The van der Waals surface area contributed by atoms with Gasteiger partial charge in [0.25, 0.3) is 0 Å². The summed E-state index contributed by atoms with van der Waals surface area (Å²) >= 11 is 0. The van der Waals surface area contributed by atoms with Gasteiger partial charge < -0.3 is 19.6 Å². The van der Waals surface area contributed by atoms with Crippen LogP contribution in [0.15, 0.2) is 0 Å². The molecule has 3 N–H and O–H groups in total. The van der Waals surface area contributed by atoms with Crippen LogP contribution in [0.3, 0.4) is 0 Å². The number of carbonyl (C=O) groups is 2. The van der Waals surface area contributed by atoms with E-state index in [-0.39, 0.29) is 54.8 Å². The largest absolute Gasteiger partial charge is 1.00 e. The van der Waals surface area contributed by atoms with Gasteiger partial charge in [0, 0.05) is 12.4 Å². The SMILES string of the molecule is CC(=O)CCC(=O)[O-].CCCCOP(N)(=O)O.[Na+]. The van der Waals surface area contributed by atoms with E-state index in [4.69, 9.17) is 4.89 Å². The van der Waals surface area contributed by atoms with E-state index in [1.54, 1.807) is 0 Å². The van der Waals surface area contributed by atoms with Crippen molar-refractivity contribution in [1.29, 1.82) is 0 Å². The molecule has 0 radical (unpaired) electrons. The van der Waals surface area contributed by atoms with Gasteiger partial charge in [0.1, 0.15) is 5.78 Å². The number of unbranched alkanes of at least 4 members (excludes halogenated alkanes) is 1. The third-order valence-electron chi connectivity index (χ3n) is 1.46. The minimum Gasteiger partial charge on any atom is -0.550 e. The summed E-state index contributed by atoms with van der Waals surface area (Å²) in [6.45, 7) is 3.58. The van der Waals surface area contributed by atoms with E-state index >= 15 is 0 Å². The first-order valence-electron chi connectivity index (χ1n) is 5.14. The quantitative estimate of drug-likeness (QED) is 0.290. The summed E-state index contributed by atoms with van der Waals surface area (Å²) in [5, 5.41) is 9.64. The maximum atomic E-state index is 10.2. The maximum absolute atomic E-state index is 10.2. The third-order valence-corrected chi connectivity index (χ3v) is 2.01. The van der Waals surface area contributed by atoms with Gasteiger partial charge in [-0.15, -0.1) is 0 Å². The molecule has 0 saturated carbocycles. The van der Waals surface area contributed by atoms with Crippen LogP contribution in [0.1, 0.15) is 39.5 Å². The van der Waals surface area contributed by atoms with E-state index in [0.717, 1.165) is 12.8 Å². The van der Waals surface area contributed by atoms with Crippen molar-refractivity contribution in [3.05, 3.63) is 0 Å². The Morgan fingerprint density at radius 2 is 1.89 bits per heavy atom. The molecule has 0 bridgehead atoms. The molecule has 0 amide bonds. The molecule has 0 aromatic rings. The zero-order valence-electron chi connectivity index (χ0n) is 11.0. The van der Waals surface area contributed by atoms with E-state index in [2.05, 4.69) is 10.0 Å². The maximum Gasteiger partial charge on any atom is 1.00 e. The Hall–Kier alpha value is 0.250. The molecule has 0 aliphatic carbocycles. The molecule has 102 valence electrons. The Morgan fingerprint density at radius 3 is 2.11 bits per heavy atom. The van der Waals surface area contributed by atoms with E-state index < -0.39 is 13.7 Å². The van der Waals surface area contributed by atoms with Crippen LogP contribution in [0.5, 0.6) is 0 Å². The van der Waals surface area contributed by atoms with Crippen LogP contribution in [0.4, 0.5) is 0 Å². The number of Topliss-reactive ketones (excluding diaryl/α,β-unsaturated/α-hetero) is 1. The summed E-state index contributed by atoms with van der Waals surface area (Å²) in [6, 6.07) is 0. The van der Waals surface area contributed by atoms with Crippen molar-refractivity contribution in [2.75, 3.05) is 6.61 Å². The number of rotatable bonds is 7. The molecule has 0 aliphatic heterocycles. The Morgan fingerprint density at radius 1 is 1.39 bits per heavy atom. The molecule has 0 fully saturated rings. The summed E-state index contributed by atoms with van der Waals surface area (Å²) in [4.78, 5) is 28.1. The monoisotopic (exact) mass is 291 g/mol. The Balaban J connectivity index is -0.000000238. The minimum atomic E-state index is -3.70. The predicted octanol–water partition coefficient (Wildman–Crippen LogP) is -3.03. The number of nitrogens with two attached hydrogens (primary N) is 1. The van der Waals surface area contributed by atoms with Crippen LogP contribution in [-0.2, 0) is 18.7 Å². The number of ketones is 1. The van der Waals surface area contributed by atoms with Gasteiger partial charge in [-0.05, 0) is 19.8 Å². The van der Waals surface area contributed by atoms with Crippen molar-refractivity contribution in [1.82, 2.24) is 0 Å². The fourth-order valence-corrected chi connectivity index (χ4v) is 1.01. The number of carboxylic acid groups (broad SMARTS) is 1. The standard InChI is InChI=1S/C5H8O3.C4H12NO3P.Na/c1-4(6)2-3-5(7)8;1-2-3-4-8-9(5,6)7;/h2-3H2,1H3,(H,7,8);2-4H2,1H3,(H3,5,6,7);/q;;+1/p-1. The van der Waals surface area contributed by atoms with Crippen LogP contribution in [0.2, 0.25) is 0 Å². The first kappa shape index (κ1) is 23.4. The zero-order chi connectivity index (χ0) is 13.9. The molecule has 0 aromatic carbocycles. The van der Waals surface area contributed by atoms with Crippen molar-refractivity contribution >= 4 is 19.5 Å². The van der Waals surface area contributed by atoms with E-state index in [1.807, 2.05) is 6.92 Å². The molecule has 0 heterocycles. The first-order chi connectivity index (χ1) is 7.69. The topological polar surface area (TPSA) is 130 Å². The van der Waals surface area contributed by atoms with Crippen LogP contribution in [0.25, 0.3) is 0 Å². The van der Waals surface area contributed by atoms with Gasteiger partial charge in [0.2, 0.25) is 0 Å². The predicted molar refractivity (Wildman–Crippen MR) is 59.8 cm³/mol. The molecule has 0 aliphatic rings. The molecule has 0 spiro atoms. The molecule has 9 heteroatoms. The van der Waals surface area contributed by atoms with E-state index in [9.17, 15) is 19.3 Å². The van der Waals surface area contributed by atoms with Gasteiger partial charge in [-0.2, -0.15) is 0 Å². The average Bonchev–Trinajstić information content (AvgIpc) is 2.14. The van der Waals surface area contributed by atoms with Crippen LogP contribution < -0.4 is 40.2 Å². The molecular formula is C9H19NNaO6P. The molecule has 18 heavy (non-hydrogen) atoms. The molecule has 0 aromatic heterocycles. The fraction of sp³-hybridized carbons (Fsp3) is 0.778. The number of carboxylic acids is 1. The summed E-state index contributed by atoms with van der Waals surface area (Å²) < 4.78 is 14.6. The van der Waals surface area contributed by atoms with Gasteiger partial charge in [-0.1, -0.05) is 13.3 Å². The van der Waals surface area contributed by atoms with E-state index in [1.165, 1.54) is 6.92 Å². The van der Waals surface area contributed by atoms with E-state index in [0.29, 0.717) is 0 Å². The molecule has 7 nitrogen and oxygen atoms in total. The molecular weight excluding hydrogens is 272 g/mol. The van der Waals surface area contributed by atoms with Crippen LogP contribution >= 0.6 is 7.75 Å². The molecule has 0 rings (SSSR count). The van der Waals surface area contributed by atoms with Crippen LogP contribution in [0, 0.1) is 0 Å². The first-order valence-corrected chi connectivity index (χ1v) is 6.79. The number of hydrogen-bond donors (Lipinski definition) is 2. The summed E-state index contributed by atoms with van der Waals surface area (Å²) in [5.41, 5.74) is 4.67. The van der Waals surface area contributed by atoms with Gasteiger partial charge in [-0.3, -0.25) is 4.52 Å². The van der Waals surface area contributed by atoms with Crippen molar-refractivity contribution in [2.24, 2.45) is 5.50 Å². The second-order valence-electron chi connectivity index (χ2n) is 3.32. The number of hydrogen-bond acceptors (Lipinski definition) is 5. The van der Waals surface area contributed by atoms with Crippen molar-refractivity contribution < 1.29 is 58.2 Å². The normalized spacial score (nSPS) is 12.4. The third kappa shape index (κ3) is 29.9. The number of carbonyl (C=O) groups excluding carboxylic acids is 2. The smallest absolute Gasteiger partial charge is 0.550 e. The fourth-order valence-electron chi connectivity index (χ4n) is 0.618. The van der Waals surface area contributed by atoms with Gasteiger partial charge in [0.15, 0.2) is 0 Å². The van der Waals surface area contributed by atoms with Gasteiger partial charge >= 0.3 is 37.3 Å². The Labute approximate surface area is 129 Å². The Kier molecular flexibility index (Phi) is 17.7. The summed E-state index contributed by atoms with van der Waals surface area (Å²) in [7, 11) is -3.70. The van der Waals surface area contributed by atoms with Gasteiger partial charge in [-0.25, -0.2) is 10.1 Å². The second-order valence-corrected chi connectivity index (χ2v) is 4.71. The number of aliphatic carboxylic acids is 1. The molecule has 1 unspecified atom stereocenters. The minimum absolute atomic E-state index is 0.